The van der Waals surface area contributed by atoms with Crippen LogP contribution < -0.4 is 10.0 Å². The van der Waals surface area contributed by atoms with Crippen molar-refractivity contribution in [2.75, 3.05) is 18.5 Å². The molecule has 24 heavy (non-hydrogen) atoms. The summed E-state index contributed by atoms with van der Waals surface area (Å²) >= 11 is 0. The van der Waals surface area contributed by atoms with Crippen molar-refractivity contribution in [1.29, 1.82) is 0 Å². The van der Waals surface area contributed by atoms with Gasteiger partial charge in [-0.2, -0.15) is 0 Å². The highest BCUT2D eigenvalue weighted by Crippen LogP contribution is 2.24. The molecule has 1 heterocycles. The maximum absolute atomic E-state index is 12.6. The maximum Gasteiger partial charge on any atom is 0.335 e. The molecule has 0 radical (unpaired) electrons. The summed E-state index contributed by atoms with van der Waals surface area (Å²) in [5.41, 5.74) is 0.313. The lowest BCUT2D eigenvalue weighted by molar-refractivity contribution is 0.0696. The number of aromatic carboxylic acids is 1. The average Bonchev–Trinajstić information content (AvgIpc) is 3.05. The Labute approximate surface area is 142 Å². The largest absolute Gasteiger partial charge is 0.478 e. The Morgan fingerprint density at radius 1 is 1.46 bits per heavy atom. The van der Waals surface area contributed by atoms with Crippen molar-refractivity contribution in [3.8, 4) is 0 Å². The molecule has 1 aromatic rings. The van der Waals surface area contributed by atoms with Crippen molar-refractivity contribution in [3.05, 3.63) is 23.8 Å². The Morgan fingerprint density at radius 3 is 2.79 bits per heavy atom. The molecule has 0 aliphatic carbocycles. The first kappa shape index (κ1) is 18.7. The molecule has 0 bridgehead atoms. The highest BCUT2D eigenvalue weighted by Gasteiger charge is 2.23. The molecule has 0 spiro atoms. The van der Waals surface area contributed by atoms with Gasteiger partial charge in [0.25, 0.3) is 0 Å². The van der Waals surface area contributed by atoms with Gasteiger partial charge in [-0.25, -0.2) is 17.9 Å². The molecule has 2 rings (SSSR count). The van der Waals surface area contributed by atoms with Crippen molar-refractivity contribution >= 4 is 21.7 Å². The molecule has 1 aliphatic rings. The Bertz CT molecular complexity index is 684. The minimum Gasteiger partial charge on any atom is -0.478 e. The van der Waals surface area contributed by atoms with E-state index < -0.39 is 16.0 Å². The van der Waals surface area contributed by atoms with Gasteiger partial charge in [0.2, 0.25) is 10.0 Å². The van der Waals surface area contributed by atoms with Crippen LogP contribution in [0.3, 0.4) is 0 Å². The number of carboxylic acids is 1. The molecule has 7 nitrogen and oxygen atoms in total. The highest BCUT2D eigenvalue weighted by atomic mass is 32.2. The fraction of sp³-hybridized carbons (Fsp3) is 0.562. The Hall–Kier alpha value is -1.64. The average molecular weight is 356 g/mol. The third-order valence-corrected chi connectivity index (χ3v) is 5.66. The van der Waals surface area contributed by atoms with Crippen LogP contribution in [0.25, 0.3) is 0 Å². The van der Waals surface area contributed by atoms with E-state index in [1.807, 2.05) is 6.92 Å². The number of nitrogens with one attached hydrogen (secondary N) is 2. The molecule has 0 aromatic heterocycles. The van der Waals surface area contributed by atoms with E-state index in [0.29, 0.717) is 25.3 Å². The molecule has 0 saturated carbocycles. The number of hydrogen-bond acceptors (Lipinski definition) is 5. The first-order valence-corrected chi connectivity index (χ1v) is 9.57. The van der Waals surface area contributed by atoms with Crippen molar-refractivity contribution in [2.45, 2.75) is 50.2 Å². The van der Waals surface area contributed by atoms with Gasteiger partial charge in [-0.1, -0.05) is 6.92 Å². The molecule has 1 aliphatic heterocycles. The molecule has 2 atom stereocenters. The zero-order chi connectivity index (χ0) is 17.7. The van der Waals surface area contributed by atoms with Crippen LogP contribution >= 0.6 is 0 Å². The van der Waals surface area contributed by atoms with E-state index in [9.17, 15) is 13.2 Å². The molecular weight excluding hydrogens is 332 g/mol. The summed E-state index contributed by atoms with van der Waals surface area (Å²) in [5.74, 6) is -1.17. The smallest absolute Gasteiger partial charge is 0.335 e. The van der Waals surface area contributed by atoms with Gasteiger partial charge in [-0.05, 0) is 44.4 Å². The number of rotatable bonds is 8. The summed E-state index contributed by atoms with van der Waals surface area (Å²) in [6.45, 7) is 4.83. The number of carbonyl (C=O) groups is 1. The summed E-state index contributed by atoms with van der Waals surface area (Å²) < 4.78 is 33.3. The van der Waals surface area contributed by atoms with Gasteiger partial charge < -0.3 is 15.2 Å². The molecule has 0 amide bonds. The molecule has 2 unspecified atom stereocenters. The zero-order valence-electron chi connectivity index (χ0n) is 13.9. The lowest BCUT2D eigenvalue weighted by Gasteiger charge is -2.18. The van der Waals surface area contributed by atoms with Gasteiger partial charge in [0.1, 0.15) is 4.90 Å². The van der Waals surface area contributed by atoms with E-state index in [0.717, 1.165) is 12.8 Å². The fourth-order valence-corrected chi connectivity index (χ4v) is 4.00. The van der Waals surface area contributed by atoms with Gasteiger partial charge in [0.15, 0.2) is 0 Å². The van der Waals surface area contributed by atoms with Gasteiger partial charge >= 0.3 is 5.97 Å². The van der Waals surface area contributed by atoms with Crippen LogP contribution in [0.2, 0.25) is 0 Å². The summed E-state index contributed by atoms with van der Waals surface area (Å²) in [6, 6.07) is 3.83. The third kappa shape index (κ3) is 4.68. The van der Waals surface area contributed by atoms with Gasteiger partial charge in [-0.15, -0.1) is 0 Å². The van der Waals surface area contributed by atoms with Crippen LogP contribution in [0.1, 0.15) is 43.5 Å². The molecule has 8 heteroatoms. The first-order valence-electron chi connectivity index (χ1n) is 8.08. The number of benzene rings is 1. The van der Waals surface area contributed by atoms with E-state index in [1.54, 1.807) is 6.92 Å². The maximum atomic E-state index is 12.6. The van der Waals surface area contributed by atoms with E-state index in [2.05, 4.69) is 10.0 Å². The number of anilines is 1. The van der Waals surface area contributed by atoms with Gasteiger partial charge in [0, 0.05) is 19.2 Å². The van der Waals surface area contributed by atoms with Gasteiger partial charge in [-0.3, -0.25) is 0 Å². The summed E-state index contributed by atoms with van der Waals surface area (Å²) in [7, 11) is -3.82. The van der Waals surface area contributed by atoms with Crippen LogP contribution in [0, 0.1) is 0 Å². The van der Waals surface area contributed by atoms with Crippen LogP contribution in [0.15, 0.2) is 23.1 Å². The van der Waals surface area contributed by atoms with Crippen molar-refractivity contribution < 1.29 is 23.1 Å². The molecule has 1 fully saturated rings. The Kier molecular flexibility index (Phi) is 6.20. The monoisotopic (exact) mass is 356 g/mol. The lowest BCUT2D eigenvalue weighted by atomic mass is 10.2. The molecule has 134 valence electrons. The highest BCUT2D eigenvalue weighted by molar-refractivity contribution is 7.89. The predicted octanol–water partition coefficient (Wildman–Crippen LogP) is 2.05. The SMILES string of the molecule is CCC(C)NS(=O)(=O)c1cc(C(=O)O)ccc1NCC1CCCO1. The lowest BCUT2D eigenvalue weighted by Crippen LogP contribution is -2.33. The fourth-order valence-electron chi connectivity index (χ4n) is 2.46. The number of hydrogen-bond donors (Lipinski definition) is 3. The van der Waals surface area contributed by atoms with Gasteiger partial charge in [0.05, 0.1) is 17.4 Å². The summed E-state index contributed by atoms with van der Waals surface area (Å²) in [6.07, 6.45) is 2.59. The minimum absolute atomic E-state index is 0.0437. The summed E-state index contributed by atoms with van der Waals surface area (Å²) in [4.78, 5) is 11.1. The van der Waals surface area contributed by atoms with Crippen molar-refractivity contribution in [3.63, 3.8) is 0 Å². The van der Waals surface area contributed by atoms with Crippen molar-refractivity contribution in [1.82, 2.24) is 4.72 Å². The first-order chi connectivity index (χ1) is 11.3. The summed E-state index contributed by atoms with van der Waals surface area (Å²) in [5, 5.41) is 12.2. The molecule has 1 saturated heterocycles. The van der Waals surface area contributed by atoms with E-state index in [-0.39, 0.29) is 22.6 Å². The number of carboxylic acid groups (broad SMARTS) is 1. The number of ether oxygens (including phenoxy) is 1. The van der Waals surface area contributed by atoms with Crippen LogP contribution in [0.5, 0.6) is 0 Å². The quantitative estimate of drug-likeness (QED) is 0.658. The molecule has 1 aromatic carbocycles. The second-order valence-corrected chi connectivity index (χ2v) is 7.65. The van der Waals surface area contributed by atoms with E-state index >= 15 is 0 Å². The predicted molar refractivity (Wildman–Crippen MR) is 90.9 cm³/mol. The van der Waals surface area contributed by atoms with Crippen LogP contribution in [0.4, 0.5) is 5.69 Å². The molecular formula is C16H24N2O5S. The Balaban J connectivity index is 2.29. The number of sulfonamides is 1. The van der Waals surface area contributed by atoms with E-state index in [1.165, 1.54) is 18.2 Å². The van der Waals surface area contributed by atoms with Crippen molar-refractivity contribution in [2.24, 2.45) is 0 Å². The second-order valence-electron chi connectivity index (χ2n) is 5.96. The standard InChI is InChI=1S/C16H24N2O5S/c1-3-11(2)18-24(21,22)15-9-12(16(19)20)6-7-14(15)17-10-13-5-4-8-23-13/h6-7,9,11,13,17-18H,3-5,8,10H2,1-2H3,(H,19,20). The van der Waals surface area contributed by atoms with E-state index in [4.69, 9.17) is 9.84 Å². The molecule has 3 N–H and O–H groups in total. The normalized spacial score (nSPS) is 19.2. The minimum atomic E-state index is -3.82. The second kappa shape index (κ2) is 7.96. The van der Waals surface area contributed by atoms with Crippen LogP contribution in [-0.2, 0) is 14.8 Å². The van der Waals surface area contributed by atoms with Crippen LogP contribution in [-0.4, -0.2) is 44.8 Å². The Morgan fingerprint density at radius 2 is 2.21 bits per heavy atom. The third-order valence-electron chi connectivity index (χ3n) is 4.03. The topological polar surface area (TPSA) is 105 Å². The zero-order valence-corrected chi connectivity index (χ0v) is 14.7.